The summed E-state index contributed by atoms with van der Waals surface area (Å²) in [5, 5.41) is 6.92. The smallest absolute Gasteiger partial charge is 0.254 e. The molecule has 0 saturated heterocycles. The predicted molar refractivity (Wildman–Crippen MR) is 88.9 cm³/mol. The van der Waals surface area contributed by atoms with Gasteiger partial charge in [0.2, 0.25) is 10.0 Å². The summed E-state index contributed by atoms with van der Waals surface area (Å²) in [7, 11) is -3.62. The number of amides is 1. The van der Waals surface area contributed by atoms with Crippen molar-refractivity contribution in [3.63, 3.8) is 0 Å². The van der Waals surface area contributed by atoms with Gasteiger partial charge in [0.25, 0.3) is 5.91 Å². The van der Waals surface area contributed by atoms with Gasteiger partial charge in [0.05, 0.1) is 11.1 Å². The van der Waals surface area contributed by atoms with E-state index in [9.17, 15) is 13.2 Å². The topological polar surface area (TPSA) is 95.2 Å². The molecule has 0 unspecified atom stereocenters. The predicted octanol–water partition coefficient (Wildman–Crippen LogP) is 1.29. The number of nitrogens with zero attached hydrogens (tertiary/aromatic N) is 2. The molecule has 1 aliphatic heterocycles. The molecule has 8 heteroatoms. The highest BCUT2D eigenvalue weighted by molar-refractivity contribution is 7.89. The minimum atomic E-state index is -3.62. The van der Waals surface area contributed by atoms with Crippen LogP contribution in [0.25, 0.3) is 0 Å². The quantitative estimate of drug-likeness (QED) is 0.870. The van der Waals surface area contributed by atoms with Gasteiger partial charge in [-0.15, -0.1) is 0 Å². The molecule has 2 aromatic rings. The highest BCUT2D eigenvalue weighted by Gasteiger charge is 2.24. The molecule has 128 valence electrons. The minimum absolute atomic E-state index is 0.100. The van der Waals surface area contributed by atoms with Gasteiger partial charge in [-0.05, 0) is 32.0 Å². The van der Waals surface area contributed by atoms with Crippen LogP contribution in [-0.4, -0.2) is 42.0 Å². The van der Waals surface area contributed by atoms with Crippen LogP contribution in [0.1, 0.15) is 35.5 Å². The normalized spacial score (nSPS) is 14.7. The maximum Gasteiger partial charge on any atom is 0.254 e. The molecule has 0 saturated carbocycles. The van der Waals surface area contributed by atoms with Gasteiger partial charge in [-0.3, -0.25) is 9.89 Å². The number of carbonyl (C=O) groups is 1. The molecule has 1 aliphatic rings. The first kappa shape index (κ1) is 16.7. The fraction of sp³-hybridized carbons (Fsp3) is 0.375. The van der Waals surface area contributed by atoms with E-state index in [0.717, 1.165) is 11.3 Å². The molecule has 0 radical (unpaired) electrons. The Morgan fingerprint density at radius 1 is 1.38 bits per heavy atom. The van der Waals surface area contributed by atoms with E-state index in [4.69, 9.17) is 0 Å². The summed E-state index contributed by atoms with van der Waals surface area (Å²) in [6, 6.07) is 5.94. The van der Waals surface area contributed by atoms with Crippen molar-refractivity contribution in [3.8, 4) is 0 Å². The largest absolute Gasteiger partial charge is 0.334 e. The number of nitrogens with one attached hydrogen (secondary N) is 2. The van der Waals surface area contributed by atoms with Crippen molar-refractivity contribution in [1.82, 2.24) is 19.8 Å². The zero-order valence-electron chi connectivity index (χ0n) is 13.6. The Kier molecular flexibility index (Phi) is 4.42. The highest BCUT2D eigenvalue weighted by Crippen LogP contribution is 2.20. The number of rotatable bonds is 4. The lowest BCUT2D eigenvalue weighted by atomic mass is 10.1. The number of fused-ring (bicyclic) bond motifs is 1. The van der Waals surface area contributed by atoms with Gasteiger partial charge in [-0.25, -0.2) is 13.1 Å². The lowest BCUT2D eigenvalue weighted by Crippen LogP contribution is -2.36. The van der Waals surface area contributed by atoms with Crippen molar-refractivity contribution >= 4 is 15.9 Å². The molecule has 0 spiro atoms. The van der Waals surface area contributed by atoms with Gasteiger partial charge in [0.15, 0.2) is 0 Å². The summed E-state index contributed by atoms with van der Waals surface area (Å²) in [5.74, 6) is -0.177. The average Bonchev–Trinajstić information content (AvgIpc) is 3.00. The first-order valence-electron chi connectivity index (χ1n) is 7.79. The number of hydrogen-bond acceptors (Lipinski definition) is 4. The Bertz CT molecular complexity index is 858. The van der Waals surface area contributed by atoms with Gasteiger partial charge < -0.3 is 4.90 Å². The first-order valence-corrected chi connectivity index (χ1v) is 9.28. The van der Waals surface area contributed by atoms with Crippen molar-refractivity contribution in [2.45, 2.75) is 37.8 Å². The molecule has 0 bridgehead atoms. The van der Waals surface area contributed by atoms with E-state index in [0.29, 0.717) is 25.1 Å². The Morgan fingerprint density at radius 3 is 2.92 bits per heavy atom. The van der Waals surface area contributed by atoms with Crippen LogP contribution in [0.15, 0.2) is 35.4 Å². The summed E-state index contributed by atoms with van der Waals surface area (Å²) in [6.07, 6.45) is 2.44. The molecule has 2 heterocycles. The number of H-pyrrole nitrogens is 1. The van der Waals surface area contributed by atoms with E-state index in [2.05, 4.69) is 14.9 Å². The summed E-state index contributed by atoms with van der Waals surface area (Å²) < 4.78 is 27.1. The number of benzene rings is 1. The van der Waals surface area contributed by atoms with E-state index >= 15 is 0 Å². The molecule has 3 rings (SSSR count). The standard InChI is InChI=1S/C16H20N4O3S/c1-11(2)19-24(22,23)14-5-3-4-12(8-14)16(21)20-7-6-15-13(10-20)9-17-18-15/h3-5,8-9,11,19H,6-7,10H2,1-2H3,(H,17,18). The molecule has 1 aromatic heterocycles. The van der Waals surface area contributed by atoms with E-state index in [1.807, 2.05) is 0 Å². The summed E-state index contributed by atoms with van der Waals surface area (Å²) in [4.78, 5) is 14.5. The number of aromatic amines is 1. The van der Waals surface area contributed by atoms with Gasteiger partial charge in [-0.1, -0.05) is 6.07 Å². The Balaban J connectivity index is 1.83. The summed E-state index contributed by atoms with van der Waals surface area (Å²) >= 11 is 0. The van der Waals surface area contributed by atoms with E-state index in [-0.39, 0.29) is 16.8 Å². The lowest BCUT2D eigenvalue weighted by molar-refractivity contribution is 0.0734. The molecule has 0 atom stereocenters. The SMILES string of the molecule is CC(C)NS(=O)(=O)c1cccc(C(=O)N2CCc3[nH]ncc3C2)c1. The summed E-state index contributed by atoms with van der Waals surface area (Å²) in [6.45, 7) is 4.56. The van der Waals surface area contributed by atoms with E-state index in [1.54, 1.807) is 37.1 Å². The third-order valence-corrected chi connectivity index (χ3v) is 5.53. The van der Waals surface area contributed by atoms with Crippen molar-refractivity contribution in [2.24, 2.45) is 0 Å². The molecule has 2 N–H and O–H groups in total. The van der Waals surface area contributed by atoms with E-state index < -0.39 is 10.0 Å². The van der Waals surface area contributed by atoms with Crippen LogP contribution in [0, 0.1) is 0 Å². The molecule has 0 aliphatic carbocycles. The second kappa shape index (κ2) is 6.37. The van der Waals surface area contributed by atoms with Crippen LogP contribution in [-0.2, 0) is 23.0 Å². The van der Waals surface area contributed by atoms with Gasteiger partial charge >= 0.3 is 0 Å². The molecular weight excluding hydrogens is 328 g/mol. The molecule has 0 fully saturated rings. The van der Waals surface area contributed by atoms with Crippen LogP contribution in [0.3, 0.4) is 0 Å². The van der Waals surface area contributed by atoms with Crippen LogP contribution < -0.4 is 4.72 Å². The van der Waals surface area contributed by atoms with Crippen molar-refractivity contribution < 1.29 is 13.2 Å². The van der Waals surface area contributed by atoms with Crippen LogP contribution in [0.5, 0.6) is 0 Å². The van der Waals surface area contributed by atoms with Gasteiger partial charge in [0.1, 0.15) is 0 Å². The van der Waals surface area contributed by atoms with Crippen LogP contribution in [0.2, 0.25) is 0 Å². The third kappa shape index (κ3) is 3.34. The number of carbonyl (C=O) groups excluding carboxylic acids is 1. The first-order chi connectivity index (χ1) is 11.4. The monoisotopic (exact) mass is 348 g/mol. The van der Waals surface area contributed by atoms with Gasteiger partial charge in [0, 0.05) is 42.4 Å². The maximum absolute atomic E-state index is 12.7. The fourth-order valence-electron chi connectivity index (χ4n) is 2.75. The van der Waals surface area contributed by atoms with Crippen molar-refractivity contribution in [2.75, 3.05) is 6.54 Å². The Morgan fingerprint density at radius 2 is 2.17 bits per heavy atom. The zero-order chi connectivity index (χ0) is 17.3. The molecule has 24 heavy (non-hydrogen) atoms. The van der Waals surface area contributed by atoms with Gasteiger partial charge in [-0.2, -0.15) is 5.10 Å². The third-order valence-electron chi connectivity index (χ3n) is 3.87. The number of sulfonamides is 1. The number of aromatic nitrogens is 2. The average molecular weight is 348 g/mol. The Hall–Kier alpha value is -2.19. The molecular formula is C16H20N4O3S. The molecule has 7 nitrogen and oxygen atoms in total. The second-order valence-electron chi connectivity index (χ2n) is 6.15. The fourth-order valence-corrected chi connectivity index (χ4v) is 4.05. The highest BCUT2D eigenvalue weighted by atomic mass is 32.2. The molecule has 1 amide bonds. The second-order valence-corrected chi connectivity index (χ2v) is 7.87. The van der Waals surface area contributed by atoms with Crippen LogP contribution in [0.4, 0.5) is 0 Å². The summed E-state index contributed by atoms with van der Waals surface area (Å²) in [5.41, 5.74) is 2.42. The number of hydrogen-bond donors (Lipinski definition) is 2. The minimum Gasteiger partial charge on any atom is -0.334 e. The van der Waals surface area contributed by atoms with Crippen LogP contribution >= 0.6 is 0 Å². The lowest BCUT2D eigenvalue weighted by Gasteiger charge is -2.26. The maximum atomic E-state index is 12.7. The van der Waals surface area contributed by atoms with E-state index in [1.165, 1.54) is 12.1 Å². The van der Waals surface area contributed by atoms with Crippen molar-refractivity contribution in [3.05, 3.63) is 47.3 Å². The Labute approximate surface area is 141 Å². The zero-order valence-corrected chi connectivity index (χ0v) is 14.4. The van der Waals surface area contributed by atoms with Crippen molar-refractivity contribution in [1.29, 1.82) is 0 Å². The molecule has 1 aromatic carbocycles.